The summed E-state index contributed by atoms with van der Waals surface area (Å²) in [6.45, 7) is 0. The normalized spacial score (nSPS) is 12.8. The van der Waals surface area contributed by atoms with Crippen molar-refractivity contribution < 1.29 is 31.4 Å². The van der Waals surface area contributed by atoms with Crippen LogP contribution >= 0.6 is 0 Å². The molecule has 0 saturated heterocycles. The molecule has 0 unspecified atom stereocenters. The van der Waals surface area contributed by atoms with E-state index in [0.29, 0.717) is 12.1 Å². The minimum atomic E-state index is -4.69. The summed E-state index contributed by atoms with van der Waals surface area (Å²) in [6, 6.07) is 12.0. The SMILES string of the molecule is OC(c1cccc(C(F)(F)F)c1)(c1cccc(C(F)(F)F)c1)c1ccccn1. The van der Waals surface area contributed by atoms with E-state index in [-0.39, 0.29) is 16.8 Å². The molecule has 2 nitrogen and oxygen atoms in total. The average molecular weight is 397 g/mol. The monoisotopic (exact) mass is 397 g/mol. The van der Waals surface area contributed by atoms with E-state index >= 15 is 0 Å². The van der Waals surface area contributed by atoms with Crippen molar-refractivity contribution in [3.8, 4) is 0 Å². The van der Waals surface area contributed by atoms with Crippen molar-refractivity contribution in [2.45, 2.75) is 18.0 Å². The molecule has 0 radical (unpaired) electrons. The third-order valence-corrected chi connectivity index (χ3v) is 4.25. The summed E-state index contributed by atoms with van der Waals surface area (Å²) in [6.07, 6.45) is -8.08. The number of rotatable bonds is 3. The minimum absolute atomic E-state index is 0.103. The van der Waals surface area contributed by atoms with Crippen molar-refractivity contribution in [3.05, 3.63) is 101 Å². The Morgan fingerprint density at radius 2 is 1.07 bits per heavy atom. The minimum Gasteiger partial charge on any atom is -0.374 e. The fourth-order valence-corrected chi connectivity index (χ4v) is 2.88. The smallest absolute Gasteiger partial charge is 0.374 e. The first-order valence-corrected chi connectivity index (χ1v) is 8.02. The van der Waals surface area contributed by atoms with E-state index < -0.39 is 29.1 Å². The molecule has 0 saturated carbocycles. The Morgan fingerprint density at radius 1 is 0.607 bits per heavy atom. The second-order valence-corrected chi connectivity index (χ2v) is 6.08. The molecule has 2 aromatic carbocycles. The molecular weight excluding hydrogens is 384 g/mol. The molecule has 1 heterocycles. The van der Waals surface area contributed by atoms with Gasteiger partial charge < -0.3 is 5.11 Å². The second-order valence-electron chi connectivity index (χ2n) is 6.08. The van der Waals surface area contributed by atoms with E-state index in [0.717, 1.165) is 24.3 Å². The lowest BCUT2D eigenvalue weighted by atomic mass is 9.82. The maximum atomic E-state index is 13.1. The molecule has 3 rings (SSSR count). The second kappa shape index (κ2) is 6.94. The molecule has 0 atom stereocenters. The van der Waals surface area contributed by atoms with Crippen molar-refractivity contribution in [3.63, 3.8) is 0 Å². The van der Waals surface area contributed by atoms with Gasteiger partial charge in [-0.3, -0.25) is 4.98 Å². The van der Waals surface area contributed by atoms with Gasteiger partial charge >= 0.3 is 12.4 Å². The van der Waals surface area contributed by atoms with E-state index in [9.17, 15) is 31.4 Å². The lowest BCUT2D eigenvalue weighted by Crippen LogP contribution is -2.31. The maximum Gasteiger partial charge on any atom is 0.416 e. The van der Waals surface area contributed by atoms with E-state index in [1.807, 2.05) is 0 Å². The van der Waals surface area contributed by atoms with Gasteiger partial charge in [0.2, 0.25) is 0 Å². The van der Waals surface area contributed by atoms with Gasteiger partial charge in [-0.05, 0) is 47.5 Å². The molecule has 1 N–H and O–H groups in total. The topological polar surface area (TPSA) is 33.1 Å². The molecule has 0 aliphatic rings. The summed E-state index contributed by atoms with van der Waals surface area (Å²) in [5.74, 6) is 0. The highest BCUT2D eigenvalue weighted by molar-refractivity contribution is 5.47. The molecule has 3 aromatic rings. The Kier molecular flexibility index (Phi) is 4.93. The number of alkyl halides is 6. The zero-order chi connectivity index (χ0) is 20.6. The molecule has 28 heavy (non-hydrogen) atoms. The molecule has 0 fully saturated rings. The molecule has 1 aromatic heterocycles. The molecule has 8 heteroatoms. The quantitative estimate of drug-likeness (QED) is 0.600. The van der Waals surface area contributed by atoms with Crippen molar-refractivity contribution in [1.82, 2.24) is 4.98 Å². The maximum absolute atomic E-state index is 13.1. The first-order chi connectivity index (χ1) is 13.0. The van der Waals surface area contributed by atoms with Gasteiger partial charge in [0.15, 0.2) is 5.60 Å². The number of benzene rings is 2. The third kappa shape index (κ3) is 3.73. The summed E-state index contributed by atoms with van der Waals surface area (Å²) in [7, 11) is 0. The summed E-state index contributed by atoms with van der Waals surface area (Å²) < 4.78 is 78.8. The Hall–Kier alpha value is -2.87. The van der Waals surface area contributed by atoms with E-state index in [1.165, 1.54) is 36.5 Å². The highest BCUT2D eigenvalue weighted by Crippen LogP contribution is 2.40. The Balaban J connectivity index is 2.27. The van der Waals surface area contributed by atoms with E-state index in [4.69, 9.17) is 0 Å². The molecule has 146 valence electrons. The fraction of sp³-hybridized carbons (Fsp3) is 0.150. The van der Waals surface area contributed by atoms with Gasteiger partial charge in [-0.1, -0.05) is 30.3 Å². The largest absolute Gasteiger partial charge is 0.416 e. The van der Waals surface area contributed by atoms with E-state index in [2.05, 4.69) is 4.98 Å². The van der Waals surface area contributed by atoms with Crippen molar-refractivity contribution >= 4 is 0 Å². The molecular formula is C20H13F6NO. The Morgan fingerprint density at radius 3 is 1.46 bits per heavy atom. The van der Waals surface area contributed by atoms with Crippen molar-refractivity contribution in [1.29, 1.82) is 0 Å². The van der Waals surface area contributed by atoms with Crippen molar-refractivity contribution in [2.75, 3.05) is 0 Å². The van der Waals surface area contributed by atoms with Crippen LogP contribution < -0.4 is 0 Å². The van der Waals surface area contributed by atoms with Gasteiger partial charge in [0, 0.05) is 6.20 Å². The number of hydrogen-bond donors (Lipinski definition) is 1. The highest BCUT2D eigenvalue weighted by atomic mass is 19.4. The lowest BCUT2D eigenvalue weighted by Gasteiger charge is -2.30. The van der Waals surface area contributed by atoms with E-state index in [1.54, 1.807) is 0 Å². The summed E-state index contributed by atoms with van der Waals surface area (Å²) in [4.78, 5) is 3.97. The van der Waals surface area contributed by atoms with Crippen LogP contribution in [0, 0.1) is 0 Å². The molecule has 0 bridgehead atoms. The number of pyridine rings is 1. The Labute approximate surface area is 156 Å². The van der Waals surface area contributed by atoms with Crippen LogP contribution in [0.15, 0.2) is 72.9 Å². The molecule has 0 aliphatic heterocycles. The number of aromatic nitrogens is 1. The fourth-order valence-electron chi connectivity index (χ4n) is 2.88. The Bertz CT molecular complexity index is 909. The average Bonchev–Trinajstić information content (AvgIpc) is 2.67. The van der Waals surface area contributed by atoms with Gasteiger partial charge in [0.25, 0.3) is 0 Å². The number of aliphatic hydroxyl groups is 1. The first-order valence-electron chi connectivity index (χ1n) is 8.02. The van der Waals surface area contributed by atoms with Crippen LogP contribution in [-0.2, 0) is 18.0 Å². The van der Waals surface area contributed by atoms with Crippen LogP contribution in [0.5, 0.6) is 0 Å². The predicted molar refractivity (Wildman–Crippen MR) is 89.2 cm³/mol. The van der Waals surface area contributed by atoms with Crippen LogP contribution in [0.25, 0.3) is 0 Å². The van der Waals surface area contributed by atoms with Crippen LogP contribution in [0.4, 0.5) is 26.3 Å². The molecule has 0 aliphatic carbocycles. The van der Waals surface area contributed by atoms with Crippen LogP contribution in [0.2, 0.25) is 0 Å². The zero-order valence-electron chi connectivity index (χ0n) is 14.1. The zero-order valence-corrected chi connectivity index (χ0v) is 14.1. The first kappa shape index (κ1) is 19.9. The summed E-state index contributed by atoms with van der Waals surface area (Å²) >= 11 is 0. The third-order valence-electron chi connectivity index (χ3n) is 4.25. The molecule has 0 amide bonds. The van der Waals surface area contributed by atoms with Gasteiger partial charge in [0.1, 0.15) is 0 Å². The van der Waals surface area contributed by atoms with Gasteiger partial charge in [-0.15, -0.1) is 0 Å². The van der Waals surface area contributed by atoms with Crippen LogP contribution in [0.3, 0.4) is 0 Å². The van der Waals surface area contributed by atoms with Gasteiger partial charge in [-0.2, -0.15) is 26.3 Å². The molecule has 0 spiro atoms. The standard InChI is InChI=1S/C20H13F6NO/c21-19(22,23)15-7-3-5-13(11-15)18(28,17-9-1-2-10-27-17)14-6-4-8-16(12-14)20(24,25)26/h1-12,28H. The van der Waals surface area contributed by atoms with Crippen molar-refractivity contribution in [2.24, 2.45) is 0 Å². The van der Waals surface area contributed by atoms with Gasteiger partial charge in [-0.25, -0.2) is 0 Å². The lowest BCUT2D eigenvalue weighted by molar-refractivity contribution is -0.138. The number of halogens is 6. The van der Waals surface area contributed by atoms with Crippen LogP contribution in [-0.4, -0.2) is 10.1 Å². The predicted octanol–water partition coefficient (Wildman–Crippen LogP) is 5.40. The van der Waals surface area contributed by atoms with Gasteiger partial charge in [0.05, 0.1) is 16.8 Å². The summed E-state index contributed by atoms with van der Waals surface area (Å²) in [5.41, 5.74) is -4.99. The summed E-state index contributed by atoms with van der Waals surface area (Å²) in [5, 5.41) is 11.4. The highest BCUT2D eigenvalue weighted by Gasteiger charge is 2.40. The number of nitrogens with zero attached hydrogens (tertiary/aromatic N) is 1. The number of hydrogen-bond acceptors (Lipinski definition) is 2. The van der Waals surface area contributed by atoms with Crippen LogP contribution in [0.1, 0.15) is 27.9 Å².